The minimum atomic E-state index is -0.605. The van der Waals surface area contributed by atoms with Gasteiger partial charge in [-0.2, -0.15) is 0 Å². The molecule has 0 spiro atoms. The molecule has 0 aliphatic heterocycles. The molecule has 0 aliphatic carbocycles. The van der Waals surface area contributed by atoms with Gasteiger partial charge in [-0.25, -0.2) is 0 Å². The number of thioether (sulfide) groups is 1. The molecule has 3 aromatic carbocycles. The highest BCUT2D eigenvalue weighted by Gasteiger charge is 2.23. The largest absolute Gasteiger partial charge is 0.326 e. The van der Waals surface area contributed by atoms with Gasteiger partial charge in [0.2, 0.25) is 11.8 Å². The van der Waals surface area contributed by atoms with E-state index in [2.05, 4.69) is 10.6 Å². The van der Waals surface area contributed by atoms with Crippen molar-refractivity contribution in [3.05, 3.63) is 94.0 Å². The van der Waals surface area contributed by atoms with Gasteiger partial charge in [0, 0.05) is 29.1 Å². The van der Waals surface area contributed by atoms with E-state index >= 15 is 0 Å². The number of nitro benzene ring substituents is 1. The Morgan fingerprint density at radius 1 is 1.00 bits per heavy atom. The number of anilines is 2. The third-order valence-electron chi connectivity index (χ3n) is 4.88. The molecule has 2 amide bonds. The normalized spacial score (nSPS) is 11.5. The standard InChI is InChI=1S/C25H25N3O4S/c1-3-8-23(29)26-19-11-7-12-21(15-19)33-24(18-9-5-4-6-10-18)25(30)27-22-16-20(28(31)32)14-13-17(22)2/h4-7,9-16,24H,3,8H2,1-2H3,(H,26,29)(H,27,30). The van der Waals surface area contributed by atoms with Gasteiger partial charge in [0.25, 0.3) is 5.69 Å². The Morgan fingerprint density at radius 3 is 2.45 bits per heavy atom. The summed E-state index contributed by atoms with van der Waals surface area (Å²) in [7, 11) is 0. The Morgan fingerprint density at radius 2 is 1.76 bits per heavy atom. The number of benzene rings is 3. The van der Waals surface area contributed by atoms with E-state index in [9.17, 15) is 19.7 Å². The number of nitrogens with one attached hydrogen (secondary N) is 2. The van der Waals surface area contributed by atoms with Crippen molar-refractivity contribution in [3.8, 4) is 0 Å². The Hall–Kier alpha value is -3.65. The van der Waals surface area contributed by atoms with E-state index in [0.29, 0.717) is 17.8 Å². The van der Waals surface area contributed by atoms with Crippen LogP contribution in [0.2, 0.25) is 0 Å². The number of nitro groups is 1. The zero-order chi connectivity index (χ0) is 23.8. The lowest BCUT2D eigenvalue weighted by molar-refractivity contribution is -0.384. The number of carbonyl (C=O) groups is 2. The SMILES string of the molecule is CCCC(=O)Nc1cccc(SC(C(=O)Nc2cc([N+](=O)[O-])ccc2C)c2ccccc2)c1. The number of rotatable bonds is 9. The monoisotopic (exact) mass is 463 g/mol. The zero-order valence-electron chi connectivity index (χ0n) is 18.4. The topological polar surface area (TPSA) is 101 Å². The van der Waals surface area contributed by atoms with E-state index in [1.807, 2.05) is 61.5 Å². The second-order valence-corrected chi connectivity index (χ2v) is 8.66. The van der Waals surface area contributed by atoms with Gasteiger partial charge in [-0.15, -0.1) is 11.8 Å². The third-order valence-corrected chi connectivity index (χ3v) is 6.13. The van der Waals surface area contributed by atoms with Crippen molar-refractivity contribution < 1.29 is 14.5 Å². The molecule has 0 radical (unpaired) electrons. The second-order valence-electron chi connectivity index (χ2n) is 7.48. The minimum Gasteiger partial charge on any atom is -0.326 e. The van der Waals surface area contributed by atoms with E-state index in [1.54, 1.807) is 13.0 Å². The van der Waals surface area contributed by atoms with Crippen LogP contribution in [0.15, 0.2) is 77.7 Å². The maximum Gasteiger partial charge on any atom is 0.271 e. The fraction of sp³-hybridized carbons (Fsp3) is 0.200. The fourth-order valence-corrected chi connectivity index (χ4v) is 4.27. The first-order chi connectivity index (χ1) is 15.9. The molecular formula is C25H25N3O4S. The van der Waals surface area contributed by atoms with Crippen LogP contribution in [0.4, 0.5) is 17.1 Å². The zero-order valence-corrected chi connectivity index (χ0v) is 19.2. The molecule has 8 heteroatoms. The van der Waals surface area contributed by atoms with Gasteiger partial charge in [-0.3, -0.25) is 19.7 Å². The fourth-order valence-electron chi connectivity index (χ4n) is 3.19. The minimum absolute atomic E-state index is 0.0573. The maximum absolute atomic E-state index is 13.3. The van der Waals surface area contributed by atoms with Crippen LogP contribution in [-0.4, -0.2) is 16.7 Å². The third kappa shape index (κ3) is 6.66. The number of hydrogen-bond donors (Lipinski definition) is 2. The molecule has 7 nitrogen and oxygen atoms in total. The van der Waals surface area contributed by atoms with Gasteiger partial charge in [-0.1, -0.05) is 49.4 Å². The summed E-state index contributed by atoms with van der Waals surface area (Å²) in [6.07, 6.45) is 1.20. The van der Waals surface area contributed by atoms with Gasteiger partial charge >= 0.3 is 0 Å². The molecule has 3 rings (SSSR count). The van der Waals surface area contributed by atoms with Gasteiger partial charge in [-0.05, 0) is 42.7 Å². The van der Waals surface area contributed by atoms with Crippen molar-refractivity contribution in [2.75, 3.05) is 10.6 Å². The molecule has 170 valence electrons. The number of aryl methyl sites for hydroxylation is 1. The van der Waals surface area contributed by atoms with Crippen molar-refractivity contribution >= 4 is 40.6 Å². The molecule has 2 N–H and O–H groups in total. The average molecular weight is 464 g/mol. The van der Waals surface area contributed by atoms with Crippen LogP contribution in [0.25, 0.3) is 0 Å². The molecule has 0 aromatic heterocycles. The number of nitrogens with zero attached hydrogens (tertiary/aromatic N) is 1. The first-order valence-electron chi connectivity index (χ1n) is 10.5. The summed E-state index contributed by atoms with van der Waals surface area (Å²) in [5.41, 5.74) is 2.50. The van der Waals surface area contributed by atoms with Crippen LogP contribution < -0.4 is 10.6 Å². The first-order valence-corrected chi connectivity index (χ1v) is 11.4. The van der Waals surface area contributed by atoms with Gasteiger partial charge in [0.05, 0.1) is 10.6 Å². The van der Waals surface area contributed by atoms with Crippen LogP contribution in [0.5, 0.6) is 0 Å². The second kappa shape index (κ2) is 11.3. The van der Waals surface area contributed by atoms with Crippen molar-refractivity contribution in [3.63, 3.8) is 0 Å². The summed E-state index contributed by atoms with van der Waals surface area (Å²) in [6, 6.07) is 21.1. The molecule has 0 aliphatic rings. The Kier molecular flexibility index (Phi) is 8.21. The highest BCUT2D eigenvalue weighted by molar-refractivity contribution is 8.00. The van der Waals surface area contributed by atoms with Gasteiger partial charge < -0.3 is 10.6 Å². The molecule has 0 fully saturated rings. The molecule has 0 bridgehead atoms. The summed E-state index contributed by atoms with van der Waals surface area (Å²) in [5, 5.41) is 16.3. The molecule has 1 atom stereocenters. The van der Waals surface area contributed by atoms with Crippen LogP contribution >= 0.6 is 11.8 Å². The van der Waals surface area contributed by atoms with Crippen molar-refractivity contribution in [2.45, 2.75) is 36.8 Å². The lowest BCUT2D eigenvalue weighted by Crippen LogP contribution is -2.19. The Bertz CT molecular complexity index is 1150. The lowest BCUT2D eigenvalue weighted by atomic mass is 10.1. The van der Waals surface area contributed by atoms with Crippen LogP contribution in [0.3, 0.4) is 0 Å². The molecule has 0 saturated carbocycles. The highest BCUT2D eigenvalue weighted by Crippen LogP contribution is 2.37. The quantitative estimate of drug-likeness (QED) is 0.226. The Labute approximate surface area is 196 Å². The molecule has 33 heavy (non-hydrogen) atoms. The molecule has 0 heterocycles. The van der Waals surface area contributed by atoms with Gasteiger partial charge in [0.15, 0.2) is 0 Å². The summed E-state index contributed by atoms with van der Waals surface area (Å²) < 4.78 is 0. The number of carbonyl (C=O) groups excluding carboxylic acids is 2. The van der Waals surface area contributed by atoms with E-state index in [0.717, 1.165) is 22.4 Å². The summed E-state index contributed by atoms with van der Waals surface area (Å²) in [6.45, 7) is 3.73. The van der Waals surface area contributed by atoms with E-state index in [-0.39, 0.29) is 17.5 Å². The smallest absolute Gasteiger partial charge is 0.271 e. The molecular weight excluding hydrogens is 438 g/mol. The summed E-state index contributed by atoms with van der Waals surface area (Å²) in [5.74, 6) is -0.353. The summed E-state index contributed by atoms with van der Waals surface area (Å²) >= 11 is 1.34. The van der Waals surface area contributed by atoms with Gasteiger partial charge in [0.1, 0.15) is 5.25 Å². The lowest BCUT2D eigenvalue weighted by Gasteiger charge is -2.18. The number of non-ortho nitro benzene ring substituents is 1. The summed E-state index contributed by atoms with van der Waals surface area (Å²) in [4.78, 5) is 36.8. The average Bonchev–Trinajstić information content (AvgIpc) is 2.79. The van der Waals surface area contributed by atoms with Crippen LogP contribution in [-0.2, 0) is 9.59 Å². The molecule has 0 saturated heterocycles. The van der Waals surface area contributed by atoms with E-state index in [4.69, 9.17) is 0 Å². The van der Waals surface area contributed by atoms with Crippen molar-refractivity contribution in [1.82, 2.24) is 0 Å². The maximum atomic E-state index is 13.3. The highest BCUT2D eigenvalue weighted by atomic mass is 32.2. The van der Waals surface area contributed by atoms with E-state index in [1.165, 1.54) is 23.9 Å². The Balaban J connectivity index is 1.86. The number of hydrogen-bond acceptors (Lipinski definition) is 5. The van der Waals surface area contributed by atoms with Crippen LogP contribution in [0, 0.1) is 17.0 Å². The van der Waals surface area contributed by atoms with E-state index < -0.39 is 10.2 Å². The van der Waals surface area contributed by atoms with Crippen molar-refractivity contribution in [1.29, 1.82) is 0 Å². The molecule has 1 unspecified atom stereocenters. The first kappa shape index (κ1) is 24.0. The molecule has 3 aromatic rings. The predicted octanol–water partition coefficient (Wildman–Crippen LogP) is 6.11. The van der Waals surface area contributed by atoms with Crippen molar-refractivity contribution in [2.24, 2.45) is 0 Å². The predicted molar refractivity (Wildman–Crippen MR) is 131 cm³/mol. The number of amides is 2. The van der Waals surface area contributed by atoms with Crippen LogP contribution in [0.1, 0.15) is 36.1 Å².